The molecule has 0 unspecified atom stereocenters. The molecule has 0 aliphatic rings. The highest BCUT2D eigenvalue weighted by atomic mass is 16.4. The van der Waals surface area contributed by atoms with E-state index in [-0.39, 0.29) is 0 Å². The Hall–Kier alpha value is -2.71. The molecule has 1 heterocycles. The van der Waals surface area contributed by atoms with Crippen LogP contribution in [0.2, 0.25) is 0 Å². The van der Waals surface area contributed by atoms with Crippen molar-refractivity contribution in [1.29, 1.82) is 0 Å². The van der Waals surface area contributed by atoms with Crippen molar-refractivity contribution in [2.45, 2.75) is 12.5 Å². The Morgan fingerprint density at radius 2 is 1.94 bits per heavy atom. The average Bonchev–Trinajstić information content (AvgIpc) is 2.28. The third-order valence-electron chi connectivity index (χ3n) is 1.83. The molecule has 1 rings (SSSR count). The standard InChI is InChI=1S/C9H11N5O4/c10-7(15)1-6(8(16)17)14-9(18)13-5-2-11-4-12-3-5/h2-4,6H,1H2,(H2,10,15)(H,16,17)(H2,13,14,18)/t6-/m0/s1. The zero-order chi connectivity index (χ0) is 13.5. The molecule has 9 heteroatoms. The molecule has 18 heavy (non-hydrogen) atoms. The molecule has 0 radical (unpaired) electrons. The first kappa shape index (κ1) is 13.4. The molecule has 96 valence electrons. The number of carbonyl (C=O) groups is 3. The van der Waals surface area contributed by atoms with Crippen LogP contribution in [-0.4, -0.2) is 39.0 Å². The van der Waals surface area contributed by atoms with Gasteiger partial charge in [-0.05, 0) is 0 Å². The lowest BCUT2D eigenvalue weighted by Gasteiger charge is -2.13. The molecule has 0 bridgehead atoms. The smallest absolute Gasteiger partial charge is 0.326 e. The van der Waals surface area contributed by atoms with E-state index in [1.165, 1.54) is 18.7 Å². The highest BCUT2D eigenvalue weighted by molar-refractivity contribution is 5.93. The summed E-state index contributed by atoms with van der Waals surface area (Å²) in [5, 5.41) is 13.2. The molecule has 1 aromatic heterocycles. The van der Waals surface area contributed by atoms with Crippen molar-refractivity contribution < 1.29 is 19.5 Å². The van der Waals surface area contributed by atoms with Crippen molar-refractivity contribution >= 4 is 23.6 Å². The quantitative estimate of drug-likeness (QED) is 0.525. The Morgan fingerprint density at radius 1 is 1.33 bits per heavy atom. The summed E-state index contributed by atoms with van der Waals surface area (Å²) in [5.41, 5.74) is 5.16. The van der Waals surface area contributed by atoms with E-state index in [9.17, 15) is 14.4 Å². The van der Waals surface area contributed by atoms with Crippen molar-refractivity contribution in [2.24, 2.45) is 5.73 Å². The number of nitrogens with one attached hydrogen (secondary N) is 2. The average molecular weight is 253 g/mol. The van der Waals surface area contributed by atoms with Gasteiger partial charge in [-0.25, -0.2) is 19.6 Å². The monoisotopic (exact) mass is 253 g/mol. The van der Waals surface area contributed by atoms with E-state index in [1.807, 2.05) is 0 Å². The van der Waals surface area contributed by atoms with E-state index >= 15 is 0 Å². The Kier molecular flexibility index (Phi) is 4.55. The van der Waals surface area contributed by atoms with Gasteiger partial charge >= 0.3 is 12.0 Å². The number of aromatic nitrogens is 2. The lowest BCUT2D eigenvalue weighted by atomic mass is 10.2. The van der Waals surface area contributed by atoms with E-state index in [2.05, 4.69) is 20.6 Å². The summed E-state index contributed by atoms with van der Waals surface area (Å²) < 4.78 is 0. The van der Waals surface area contributed by atoms with E-state index < -0.39 is 30.4 Å². The predicted molar refractivity (Wildman–Crippen MR) is 59.4 cm³/mol. The number of carbonyl (C=O) groups excluding carboxylic acids is 2. The van der Waals surface area contributed by atoms with Gasteiger partial charge in [0, 0.05) is 0 Å². The Morgan fingerprint density at radius 3 is 2.44 bits per heavy atom. The van der Waals surface area contributed by atoms with Gasteiger partial charge in [-0.15, -0.1) is 0 Å². The molecule has 0 aromatic carbocycles. The van der Waals surface area contributed by atoms with Crippen LogP contribution >= 0.6 is 0 Å². The maximum Gasteiger partial charge on any atom is 0.326 e. The summed E-state index contributed by atoms with van der Waals surface area (Å²) in [6.07, 6.45) is 3.44. The van der Waals surface area contributed by atoms with Crippen LogP contribution in [0.15, 0.2) is 18.7 Å². The summed E-state index contributed by atoms with van der Waals surface area (Å²) in [6.45, 7) is 0. The largest absolute Gasteiger partial charge is 0.480 e. The summed E-state index contributed by atoms with van der Waals surface area (Å²) >= 11 is 0. The Balaban J connectivity index is 2.56. The number of carboxylic acids is 1. The predicted octanol–water partition coefficient (Wildman–Crippen LogP) is -1.07. The Labute approximate surface area is 101 Å². The summed E-state index contributed by atoms with van der Waals surface area (Å²) in [6, 6.07) is -2.18. The molecule has 0 fully saturated rings. The molecule has 9 nitrogen and oxygen atoms in total. The highest BCUT2D eigenvalue weighted by Crippen LogP contribution is 2.00. The number of amides is 3. The lowest BCUT2D eigenvalue weighted by Crippen LogP contribution is -2.45. The van der Waals surface area contributed by atoms with Gasteiger partial charge in [0.15, 0.2) is 0 Å². The van der Waals surface area contributed by atoms with Crippen LogP contribution in [0.3, 0.4) is 0 Å². The second-order valence-electron chi connectivity index (χ2n) is 3.29. The van der Waals surface area contributed by atoms with Crippen molar-refractivity contribution in [3.05, 3.63) is 18.7 Å². The summed E-state index contributed by atoms with van der Waals surface area (Å²) in [7, 11) is 0. The van der Waals surface area contributed by atoms with E-state index in [1.54, 1.807) is 0 Å². The summed E-state index contributed by atoms with van der Waals surface area (Å²) in [5.74, 6) is -2.18. The molecular weight excluding hydrogens is 242 g/mol. The fraction of sp³-hybridized carbons (Fsp3) is 0.222. The zero-order valence-corrected chi connectivity index (χ0v) is 9.16. The van der Waals surface area contributed by atoms with Crippen LogP contribution in [0, 0.1) is 0 Å². The van der Waals surface area contributed by atoms with Crippen LogP contribution in [-0.2, 0) is 9.59 Å². The molecule has 0 spiro atoms. The molecule has 5 N–H and O–H groups in total. The number of aliphatic carboxylic acids is 1. The van der Waals surface area contributed by atoms with Gasteiger partial charge in [0.25, 0.3) is 0 Å². The summed E-state index contributed by atoms with van der Waals surface area (Å²) in [4.78, 5) is 40.1. The second-order valence-corrected chi connectivity index (χ2v) is 3.29. The van der Waals surface area contributed by atoms with Crippen molar-refractivity contribution in [2.75, 3.05) is 5.32 Å². The minimum Gasteiger partial charge on any atom is -0.480 e. The minimum atomic E-state index is -1.38. The third-order valence-corrected chi connectivity index (χ3v) is 1.83. The maximum atomic E-state index is 11.4. The van der Waals surface area contributed by atoms with Gasteiger partial charge in [0.05, 0.1) is 24.5 Å². The van der Waals surface area contributed by atoms with Gasteiger partial charge in [-0.2, -0.15) is 0 Å². The first-order chi connectivity index (χ1) is 8.49. The van der Waals surface area contributed by atoms with E-state index in [0.29, 0.717) is 5.69 Å². The SMILES string of the molecule is NC(=O)C[C@H](NC(=O)Nc1cncnc1)C(=O)O. The fourth-order valence-corrected chi connectivity index (χ4v) is 1.09. The highest BCUT2D eigenvalue weighted by Gasteiger charge is 2.22. The topological polar surface area (TPSA) is 147 Å². The van der Waals surface area contributed by atoms with Gasteiger partial charge in [-0.3, -0.25) is 4.79 Å². The number of carboxylic acid groups (broad SMARTS) is 1. The van der Waals surface area contributed by atoms with Crippen LogP contribution in [0.4, 0.5) is 10.5 Å². The number of nitrogens with two attached hydrogens (primary N) is 1. The molecule has 0 aliphatic heterocycles. The van der Waals surface area contributed by atoms with Crippen LogP contribution < -0.4 is 16.4 Å². The van der Waals surface area contributed by atoms with Crippen LogP contribution in [0.1, 0.15) is 6.42 Å². The molecule has 1 aromatic rings. The first-order valence-electron chi connectivity index (χ1n) is 4.82. The molecule has 0 aliphatic carbocycles. The van der Waals surface area contributed by atoms with Gasteiger partial charge in [0.2, 0.25) is 5.91 Å². The van der Waals surface area contributed by atoms with Crippen LogP contribution in [0.5, 0.6) is 0 Å². The number of anilines is 1. The molecule has 1 atom stereocenters. The number of hydrogen-bond donors (Lipinski definition) is 4. The lowest BCUT2D eigenvalue weighted by molar-refractivity contribution is -0.140. The van der Waals surface area contributed by atoms with Gasteiger partial charge in [-0.1, -0.05) is 0 Å². The molecule has 0 saturated heterocycles. The van der Waals surface area contributed by atoms with Crippen molar-refractivity contribution in [3.63, 3.8) is 0 Å². The minimum absolute atomic E-state index is 0.290. The molecular formula is C9H11N5O4. The maximum absolute atomic E-state index is 11.4. The van der Waals surface area contributed by atoms with Gasteiger partial charge in [0.1, 0.15) is 12.4 Å². The number of urea groups is 1. The third kappa shape index (κ3) is 4.43. The number of rotatable bonds is 5. The molecule has 3 amide bonds. The van der Waals surface area contributed by atoms with E-state index in [0.717, 1.165) is 0 Å². The van der Waals surface area contributed by atoms with E-state index in [4.69, 9.17) is 10.8 Å². The zero-order valence-electron chi connectivity index (χ0n) is 9.16. The number of primary amides is 1. The van der Waals surface area contributed by atoms with Crippen LogP contribution in [0.25, 0.3) is 0 Å². The first-order valence-corrected chi connectivity index (χ1v) is 4.82. The molecule has 0 saturated carbocycles. The van der Waals surface area contributed by atoms with Gasteiger partial charge < -0.3 is 21.5 Å². The number of nitrogens with zero attached hydrogens (tertiary/aromatic N) is 2. The Bertz CT molecular complexity index is 450. The number of hydrogen-bond acceptors (Lipinski definition) is 5. The van der Waals surface area contributed by atoms with Crippen molar-refractivity contribution in [3.8, 4) is 0 Å². The van der Waals surface area contributed by atoms with Crippen molar-refractivity contribution in [1.82, 2.24) is 15.3 Å². The normalized spacial score (nSPS) is 11.3. The second kappa shape index (κ2) is 6.13. The fourth-order valence-electron chi connectivity index (χ4n) is 1.09.